The van der Waals surface area contributed by atoms with Gasteiger partial charge in [0.2, 0.25) is 0 Å². The average Bonchev–Trinajstić information content (AvgIpc) is 2.25. The molecule has 0 saturated heterocycles. The van der Waals surface area contributed by atoms with Crippen LogP contribution in [-0.2, 0) is 4.74 Å². The van der Waals surface area contributed by atoms with Gasteiger partial charge in [-0.2, -0.15) is 0 Å². The third-order valence-electron chi connectivity index (χ3n) is 1.86. The average molecular weight is 260 g/mol. The first-order valence-electron chi connectivity index (χ1n) is 6.24. The zero-order chi connectivity index (χ0) is 14.0. The molecule has 0 radical (unpaired) electrons. The van der Waals surface area contributed by atoms with Crippen molar-refractivity contribution in [3.8, 4) is 23.3 Å². The lowest BCUT2D eigenvalue weighted by Crippen LogP contribution is -2.16. The van der Waals surface area contributed by atoms with E-state index in [0.717, 1.165) is 18.4 Å². The maximum atomic E-state index is 5.58. The Morgan fingerprint density at radius 1 is 1.39 bits per heavy atom. The minimum absolute atomic E-state index is 0.0735. The van der Waals surface area contributed by atoms with Crippen LogP contribution in [0, 0.1) is 23.3 Å². The van der Waals surface area contributed by atoms with Crippen molar-refractivity contribution >= 4 is 8.07 Å². The monoisotopic (exact) mass is 260 g/mol. The second kappa shape index (κ2) is 8.81. The number of allylic oxidation sites excluding steroid dienone is 1. The van der Waals surface area contributed by atoms with E-state index in [1.165, 1.54) is 0 Å². The Morgan fingerprint density at radius 3 is 2.56 bits per heavy atom. The fourth-order valence-corrected chi connectivity index (χ4v) is 1.77. The normalized spacial score (nSPS) is 11.6. The highest BCUT2D eigenvalue weighted by Crippen LogP contribution is 2.03. The van der Waals surface area contributed by atoms with Crippen LogP contribution in [0.2, 0.25) is 19.6 Å². The molecule has 0 aliphatic rings. The van der Waals surface area contributed by atoms with E-state index < -0.39 is 8.07 Å². The maximum absolute atomic E-state index is 5.58. The van der Waals surface area contributed by atoms with Gasteiger partial charge in [0, 0.05) is 6.42 Å². The summed E-state index contributed by atoms with van der Waals surface area (Å²) in [5.74, 6) is 9.28. The van der Waals surface area contributed by atoms with Crippen molar-refractivity contribution in [3.05, 3.63) is 24.8 Å². The van der Waals surface area contributed by atoms with Crippen molar-refractivity contribution in [1.29, 1.82) is 0 Å². The maximum Gasteiger partial charge on any atom is 0.129 e. The molecule has 0 fully saturated rings. The van der Waals surface area contributed by atoms with E-state index in [0.29, 0.717) is 6.61 Å². The fourth-order valence-electron chi connectivity index (χ4n) is 1.12. The van der Waals surface area contributed by atoms with Crippen molar-refractivity contribution in [3.63, 3.8) is 0 Å². The smallest absolute Gasteiger partial charge is 0.129 e. The Balaban J connectivity index is 4.33. The highest BCUT2D eigenvalue weighted by Gasteiger charge is 2.07. The van der Waals surface area contributed by atoms with Crippen LogP contribution in [0.4, 0.5) is 0 Å². The van der Waals surface area contributed by atoms with Crippen LogP contribution < -0.4 is 0 Å². The molecule has 0 aromatic heterocycles. The highest BCUT2D eigenvalue weighted by atomic mass is 28.3. The van der Waals surface area contributed by atoms with Crippen LogP contribution in [0.3, 0.4) is 0 Å². The lowest BCUT2D eigenvalue weighted by atomic mass is 10.2. The lowest BCUT2D eigenvalue weighted by Gasteiger charge is -2.09. The summed E-state index contributed by atoms with van der Waals surface area (Å²) in [7, 11) is -1.26. The molecule has 0 aliphatic carbocycles. The molecular weight excluding hydrogens is 236 g/mol. The summed E-state index contributed by atoms with van der Waals surface area (Å²) in [6, 6.07) is 0. The number of hydrogen-bond donors (Lipinski definition) is 0. The molecule has 1 atom stereocenters. The van der Waals surface area contributed by atoms with Crippen molar-refractivity contribution in [2.24, 2.45) is 0 Å². The van der Waals surface area contributed by atoms with Crippen molar-refractivity contribution in [2.45, 2.75) is 45.5 Å². The molecule has 2 heteroatoms. The van der Waals surface area contributed by atoms with Gasteiger partial charge in [-0.25, -0.2) is 0 Å². The van der Waals surface area contributed by atoms with Crippen molar-refractivity contribution < 1.29 is 4.74 Å². The summed E-state index contributed by atoms with van der Waals surface area (Å²) in [4.78, 5) is 0. The van der Waals surface area contributed by atoms with Gasteiger partial charge in [-0.1, -0.05) is 44.1 Å². The molecule has 0 amide bonds. The van der Waals surface area contributed by atoms with Crippen LogP contribution in [0.5, 0.6) is 0 Å². The van der Waals surface area contributed by atoms with E-state index in [1.54, 1.807) is 6.08 Å². The van der Waals surface area contributed by atoms with E-state index >= 15 is 0 Å². The largest absolute Gasteiger partial charge is 0.361 e. The molecule has 0 N–H and O–H groups in total. The molecule has 0 saturated carbocycles. The van der Waals surface area contributed by atoms with Gasteiger partial charge in [0.25, 0.3) is 0 Å². The third-order valence-corrected chi connectivity index (χ3v) is 2.78. The number of rotatable bonds is 5. The zero-order valence-corrected chi connectivity index (χ0v) is 13.1. The summed E-state index contributed by atoms with van der Waals surface area (Å²) in [6.45, 7) is 16.6. The Morgan fingerprint density at radius 2 is 2.06 bits per heavy atom. The van der Waals surface area contributed by atoms with Gasteiger partial charge in [0.1, 0.15) is 14.2 Å². The first-order valence-corrected chi connectivity index (χ1v) is 9.74. The second-order valence-electron chi connectivity index (χ2n) is 5.25. The van der Waals surface area contributed by atoms with Crippen LogP contribution in [-0.4, -0.2) is 20.8 Å². The summed E-state index contributed by atoms with van der Waals surface area (Å²) in [5.41, 5.74) is 4.20. The molecule has 0 rings (SSSR count). The van der Waals surface area contributed by atoms with Crippen LogP contribution in [0.1, 0.15) is 19.8 Å². The van der Waals surface area contributed by atoms with Gasteiger partial charge in [0.05, 0.1) is 6.61 Å². The van der Waals surface area contributed by atoms with E-state index in [4.69, 9.17) is 4.74 Å². The Hall–Kier alpha value is -1.22. The quantitative estimate of drug-likeness (QED) is 0.415. The first-order chi connectivity index (χ1) is 8.35. The topological polar surface area (TPSA) is 9.23 Å². The standard InChI is InChI=1S/C16H24OSi/c1-7-13-17-16(12-11-15(2)3)10-8-9-14-18(4,5)6/h7,16H,1-2,8,10,13H2,3-6H3/t16-/m1/s1. The molecule has 98 valence electrons. The van der Waals surface area contributed by atoms with Crippen molar-refractivity contribution in [2.75, 3.05) is 6.61 Å². The summed E-state index contributed by atoms with van der Waals surface area (Å²) >= 11 is 0. The number of ether oxygens (including phenoxy) is 1. The van der Waals surface area contributed by atoms with E-state index in [9.17, 15) is 0 Å². The molecular formula is C16H24OSi. The zero-order valence-electron chi connectivity index (χ0n) is 12.1. The van der Waals surface area contributed by atoms with Crippen LogP contribution >= 0.6 is 0 Å². The minimum Gasteiger partial charge on any atom is -0.361 e. The number of hydrogen-bond acceptors (Lipinski definition) is 1. The van der Waals surface area contributed by atoms with E-state index in [2.05, 4.69) is 56.1 Å². The summed E-state index contributed by atoms with van der Waals surface area (Å²) in [5, 5.41) is 0. The van der Waals surface area contributed by atoms with Crippen molar-refractivity contribution in [1.82, 2.24) is 0 Å². The van der Waals surface area contributed by atoms with E-state index in [1.807, 2.05) is 6.92 Å². The summed E-state index contributed by atoms with van der Waals surface area (Å²) in [6.07, 6.45) is 3.33. The molecule has 1 nitrogen and oxygen atoms in total. The van der Waals surface area contributed by atoms with Gasteiger partial charge in [-0.3, -0.25) is 0 Å². The van der Waals surface area contributed by atoms with Gasteiger partial charge in [-0.15, -0.1) is 18.0 Å². The van der Waals surface area contributed by atoms with Gasteiger partial charge in [0.15, 0.2) is 0 Å². The van der Waals surface area contributed by atoms with Crippen LogP contribution in [0.15, 0.2) is 24.8 Å². The van der Waals surface area contributed by atoms with Gasteiger partial charge < -0.3 is 4.74 Å². The minimum atomic E-state index is -1.26. The molecule has 0 spiro atoms. The lowest BCUT2D eigenvalue weighted by molar-refractivity contribution is 0.111. The molecule has 0 aromatic rings. The second-order valence-corrected chi connectivity index (χ2v) is 10.0. The molecule has 0 heterocycles. The van der Waals surface area contributed by atoms with Crippen LogP contribution in [0.25, 0.3) is 0 Å². The summed E-state index contributed by atoms with van der Waals surface area (Å²) < 4.78 is 5.58. The first kappa shape index (κ1) is 16.8. The molecule has 0 aliphatic heterocycles. The SMILES string of the molecule is C=CCO[C@@H](C#CC(=C)C)CCC#C[Si](C)(C)C. The molecule has 18 heavy (non-hydrogen) atoms. The van der Waals surface area contributed by atoms with Gasteiger partial charge in [-0.05, 0) is 18.9 Å². The fraction of sp³-hybridized carbons (Fsp3) is 0.500. The third kappa shape index (κ3) is 11.3. The molecule has 0 aromatic carbocycles. The highest BCUT2D eigenvalue weighted by molar-refractivity contribution is 6.83. The Labute approximate surface area is 113 Å². The Bertz CT molecular complexity index is 393. The Kier molecular flexibility index (Phi) is 8.21. The van der Waals surface area contributed by atoms with Gasteiger partial charge >= 0.3 is 0 Å². The predicted molar refractivity (Wildman–Crippen MR) is 82.9 cm³/mol. The molecule has 0 bridgehead atoms. The molecule has 0 unspecified atom stereocenters. The predicted octanol–water partition coefficient (Wildman–Crippen LogP) is 3.80. The van der Waals surface area contributed by atoms with E-state index in [-0.39, 0.29) is 6.10 Å².